The van der Waals surface area contributed by atoms with E-state index in [2.05, 4.69) is 26.9 Å². The number of nitrogens with zero attached hydrogens (tertiary/aromatic N) is 5. The summed E-state index contributed by atoms with van der Waals surface area (Å²) in [6.45, 7) is 3.54. The molecule has 0 saturated carbocycles. The monoisotopic (exact) mass is 365 g/mol. The van der Waals surface area contributed by atoms with Gasteiger partial charge in [-0.2, -0.15) is 0 Å². The number of aromatic nitrogens is 2. The fourth-order valence-electron chi connectivity index (χ4n) is 3.38. The quantitative estimate of drug-likeness (QED) is 0.521. The highest BCUT2D eigenvalue weighted by atomic mass is 16.6. The molecule has 2 heterocycles. The molecule has 4 rings (SSSR count). The van der Waals surface area contributed by atoms with Crippen LogP contribution in [-0.2, 0) is 0 Å². The first-order valence-electron chi connectivity index (χ1n) is 8.79. The number of hydrogen-bond donors (Lipinski definition) is 0. The Hall–Kier alpha value is -3.26. The van der Waals surface area contributed by atoms with Gasteiger partial charge >= 0.3 is 0 Å². The number of imidazole rings is 1. The number of carbonyl (C=O) groups excluding carboxylic acids is 1. The zero-order valence-electron chi connectivity index (χ0n) is 14.7. The van der Waals surface area contributed by atoms with Crippen molar-refractivity contribution in [3.63, 3.8) is 0 Å². The lowest BCUT2D eigenvalue weighted by Gasteiger charge is -2.35. The normalized spacial score (nSPS) is 15.2. The third-order valence-corrected chi connectivity index (χ3v) is 4.86. The summed E-state index contributed by atoms with van der Waals surface area (Å²) >= 11 is 0. The molecule has 0 spiro atoms. The van der Waals surface area contributed by atoms with E-state index in [1.54, 1.807) is 6.07 Å². The molecule has 3 aromatic rings. The summed E-state index contributed by atoms with van der Waals surface area (Å²) in [4.78, 5) is 31.8. The van der Waals surface area contributed by atoms with Crippen molar-refractivity contribution in [2.75, 3.05) is 37.6 Å². The molecule has 138 valence electrons. The first-order valence-corrected chi connectivity index (χ1v) is 8.79. The number of carbonyl (C=O) groups is 1. The van der Waals surface area contributed by atoms with Gasteiger partial charge in [-0.05, 0) is 18.2 Å². The van der Waals surface area contributed by atoms with Gasteiger partial charge in [0.1, 0.15) is 6.33 Å². The molecule has 0 unspecified atom stereocenters. The van der Waals surface area contributed by atoms with Gasteiger partial charge in [-0.3, -0.25) is 24.4 Å². The number of nitro groups is 1. The molecule has 8 nitrogen and oxygen atoms in total. The maximum absolute atomic E-state index is 12.7. The zero-order valence-corrected chi connectivity index (χ0v) is 14.7. The van der Waals surface area contributed by atoms with E-state index in [4.69, 9.17) is 0 Å². The highest BCUT2D eigenvalue weighted by Gasteiger charge is 2.21. The van der Waals surface area contributed by atoms with Gasteiger partial charge in [0.25, 0.3) is 5.69 Å². The van der Waals surface area contributed by atoms with Gasteiger partial charge < -0.3 is 4.90 Å². The smallest absolute Gasteiger partial charge is 0.271 e. The number of fused-ring (bicyclic) bond motifs is 1. The van der Waals surface area contributed by atoms with Crippen LogP contribution in [0.4, 0.5) is 11.4 Å². The third-order valence-electron chi connectivity index (χ3n) is 4.86. The van der Waals surface area contributed by atoms with Crippen LogP contribution in [0.1, 0.15) is 4.79 Å². The highest BCUT2D eigenvalue weighted by Crippen LogP contribution is 2.20. The van der Waals surface area contributed by atoms with Crippen LogP contribution in [0.5, 0.6) is 0 Å². The van der Waals surface area contributed by atoms with Crippen molar-refractivity contribution in [3.8, 4) is 0 Å². The second kappa shape index (κ2) is 7.16. The molecular weight excluding hydrogens is 346 g/mol. The van der Waals surface area contributed by atoms with E-state index in [-0.39, 0.29) is 18.1 Å². The van der Waals surface area contributed by atoms with E-state index >= 15 is 0 Å². The van der Waals surface area contributed by atoms with Crippen LogP contribution >= 0.6 is 0 Å². The Morgan fingerprint density at radius 3 is 2.52 bits per heavy atom. The first kappa shape index (κ1) is 17.2. The summed E-state index contributed by atoms with van der Waals surface area (Å²) in [5, 5.41) is 11.0. The van der Waals surface area contributed by atoms with E-state index < -0.39 is 4.92 Å². The molecule has 1 fully saturated rings. The molecule has 0 amide bonds. The van der Waals surface area contributed by atoms with Crippen molar-refractivity contribution in [3.05, 3.63) is 65.0 Å². The van der Waals surface area contributed by atoms with E-state index in [1.807, 2.05) is 18.2 Å². The number of hydrogen-bond acceptors (Lipinski definition) is 6. The number of para-hydroxylation sites is 1. The van der Waals surface area contributed by atoms with Crippen molar-refractivity contribution in [1.82, 2.24) is 14.5 Å². The van der Waals surface area contributed by atoms with Crippen LogP contribution in [0, 0.1) is 10.1 Å². The summed E-state index contributed by atoms with van der Waals surface area (Å²) in [6, 6.07) is 14.6. The van der Waals surface area contributed by atoms with Gasteiger partial charge in [-0.15, -0.1) is 0 Å². The van der Waals surface area contributed by atoms with Crippen LogP contribution in [0.25, 0.3) is 11.0 Å². The lowest BCUT2D eigenvalue weighted by Crippen LogP contribution is -2.48. The van der Waals surface area contributed by atoms with Crippen LogP contribution in [-0.4, -0.2) is 58.0 Å². The molecule has 0 atom stereocenters. The van der Waals surface area contributed by atoms with Gasteiger partial charge in [0, 0.05) is 44.0 Å². The maximum atomic E-state index is 12.7. The average Bonchev–Trinajstić information content (AvgIpc) is 3.12. The van der Waals surface area contributed by atoms with E-state index in [0.29, 0.717) is 11.0 Å². The Labute approximate surface area is 155 Å². The van der Waals surface area contributed by atoms with Gasteiger partial charge in [0.15, 0.2) is 0 Å². The maximum Gasteiger partial charge on any atom is 0.271 e. The number of piperazine rings is 1. The number of benzene rings is 2. The van der Waals surface area contributed by atoms with Crippen molar-refractivity contribution >= 4 is 28.3 Å². The predicted octanol–water partition coefficient (Wildman–Crippen LogP) is 2.41. The average molecular weight is 365 g/mol. The van der Waals surface area contributed by atoms with Crippen molar-refractivity contribution in [1.29, 1.82) is 0 Å². The summed E-state index contributed by atoms with van der Waals surface area (Å²) in [5.74, 6) is -0.133. The second-order valence-electron chi connectivity index (χ2n) is 6.54. The van der Waals surface area contributed by atoms with Gasteiger partial charge in [-0.25, -0.2) is 4.98 Å². The van der Waals surface area contributed by atoms with Crippen molar-refractivity contribution in [2.45, 2.75) is 0 Å². The Bertz CT molecular complexity index is 977. The Kier molecular flexibility index (Phi) is 4.55. The minimum Gasteiger partial charge on any atom is -0.369 e. The molecule has 1 aromatic heterocycles. The molecule has 1 saturated heterocycles. The molecule has 1 aliphatic rings. The molecule has 27 heavy (non-hydrogen) atoms. The number of rotatable bonds is 4. The SMILES string of the molecule is O=C(CN1CCN(c2ccccc2)CC1)n1cnc2ccc([N+](=O)[O-])cc21. The van der Waals surface area contributed by atoms with Crippen molar-refractivity contribution < 1.29 is 9.72 Å². The first-order chi connectivity index (χ1) is 13.1. The zero-order chi connectivity index (χ0) is 18.8. The Morgan fingerprint density at radius 1 is 1.07 bits per heavy atom. The topological polar surface area (TPSA) is 84.5 Å². The highest BCUT2D eigenvalue weighted by molar-refractivity contribution is 5.92. The number of anilines is 1. The summed E-state index contributed by atoms with van der Waals surface area (Å²) in [5.41, 5.74) is 2.19. The summed E-state index contributed by atoms with van der Waals surface area (Å²) < 4.78 is 1.41. The molecule has 8 heteroatoms. The molecule has 2 aromatic carbocycles. The van der Waals surface area contributed by atoms with E-state index in [0.717, 1.165) is 26.2 Å². The molecule has 0 aliphatic carbocycles. The van der Waals surface area contributed by atoms with Gasteiger partial charge in [0.2, 0.25) is 5.91 Å². The fraction of sp³-hybridized carbons (Fsp3) is 0.263. The summed E-state index contributed by atoms with van der Waals surface area (Å²) in [7, 11) is 0. The van der Waals surface area contributed by atoms with E-state index in [1.165, 1.54) is 28.7 Å². The third kappa shape index (κ3) is 3.52. The largest absolute Gasteiger partial charge is 0.369 e. The van der Waals surface area contributed by atoms with Crippen LogP contribution in [0.15, 0.2) is 54.9 Å². The minimum absolute atomic E-state index is 0.0477. The standard InChI is InChI=1S/C19H19N5O3/c25-19(23-14-20-17-7-6-16(24(26)27)12-18(17)23)13-21-8-10-22(11-9-21)15-4-2-1-3-5-15/h1-7,12,14H,8-11,13H2. The fourth-order valence-corrected chi connectivity index (χ4v) is 3.38. The minimum atomic E-state index is -0.468. The molecule has 0 bridgehead atoms. The van der Waals surface area contributed by atoms with Crippen molar-refractivity contribution in [2.24, 2.45) is 0 Å². The van der Waals surface area contributed by atoms with Crippen LogP contribution in [0.3, 0.4) is 0 Å². The molecular formula is C19H19N5O3. The summed E-state index contributed by atoms with van der Waals surface area (Å²) in [6.07, 6.45) is 1.44. The lowest BCUT2D eigenvalue weighted by molar-refractivity contribution is -0.384. The second-order valence-corrected chi connectivity index (χ2v) is 6.54. The van der Waals surface area contributed by atoms with Gasteiger partial charge in [-0.1, -0.05) is 18.2 Å². The molecule has 0 N–H and O–H groups in total. The molecule has 1 aliphatic heterocycles. The Morgan fingerprint density at radius 2 is 1.81 bits per heavy atom. The van der Waals surface area contributed by atoms with E-state index in [9.17, 15) is 14.9 Å². The number of non-ortho nitro benzene ring substituents is 1. The lowest BCUT2D eigenvalue weighted by atomic mass is 10.2. The van der Waals surface area contributed by atoms with Crippen LogP contribution in [0.2, 0.25) is 0 Å². The van der Waals surface area contributed by atoms with Crippen LogP contribution < -0.4 is 4.90 Å². The molecule has 0 radical (unpaired) electrons. The Balaban J connectivity index is 1.43. The van der Waals surface area contributed by atoms with Gasteiger partial charge in [0.05, 0.1) is 22.5 Å². The number of nitro benzene ring substituents is 1. The predicted molar refractivity (Wildman–Crippen MR) is 102 cm³/mol.